The second kappa shape index (κ2) is 16.7. The number of imidazole rings is 1. The lowest BCUT2D eigenvalue weighted by Gasteiger charge is -2.28. The van der Waals surface area contributed by atoms with Crippen molar-refractivity contribution in [3.05, 3.63) is 66.2 Å². The number of hydrogen-bond donors (Lipinski definition) is 4. The van der Waals surface area contributed by atoms with E-state index in [-0.39, 0.29) is 37.7 Å². The molecule has 244 valence electrons. The second-order valence-corrected chi connectivity index (χ2v) is 12.3. The third kappa shape index (κ3) is 11.0. The summed E-state index contributed by atoms with van der Waals surface area (Å²) in [6, 6.07) is 11.5. The number of nitrogens with one attached hydrogen (secondary N) is 3. The molecule has 2 aromatic carbocycles. The van der Waals surface area contributed by atoms with Crippen LogP contribution in [0, 0.1) is 11.8 Å². The van der Waals surface area contributed by atoms with Gasteiger partial charge >= 0.3 is 11.9 Å². The number of rotatable bonds is 16. The number of carbonyl (C=O) groups is 4. The van der Waals surface area contributed by atoms with E-state index in [0.29, 0.717) is 5.69 Å². The largest absolute Gasteiger partial charge is 0.463 e. The highest BCUT2D eigenvalue weighted by Gasteiger charge is 2.34. The number of esters is 2. The Morgan fingerprint density at radius 3 is 2.20 bits per heavy atom. The topological polar surface area (TPSA) is 160 Å². The molecule has 11 heteroatoms. The van der Waals surface area contributed by atoms with Crippen LogP contribution in [0.15, 0.2) is 55.0 Å². The lowest BCUT2D eigenvalue weighted by atomic mass is 9.91. The van der Waals surface area contributed by atoms with E-state index in [4.69, 9.17) is 9.47 Å². The minimum absolute atomic E-state index is 0.0227. The van der Waals surface area contributed by atoms with Gasteiger partial charge in [-0.3, -0.25) is 14.4 Å². The van der Waals surface area contributed by atoms with E-state index in [1.54, 1.807) is 33.9 Å². The molecule has 0 saturated heterocycles. The Morgan fingerprint density at radius 2 is 1.56 bits per heavy atom. The average Bonchev–Trinajstić information content (AvgIpc) is 3.48. The van der Waals surface area contributed by atoms with Crippen LogP contribution in [0.1, 0.15) is 65.6 Å². The van der Waals surface area contributed by atoms with Crippen LogP contribution < -0.4 is 10.6 Å². The number of amides is 2. The fourth-order valence-corrected chi connectivity index (χ4v) is 5.15. The third-order valence-electron chi connectivity index (χ3n) is 7.14. The van der Waals surface area contributed by atoms with Crippen molar-refractivity contribution in [3.63, 3.8) is 0 Å². The smallest absolute Gasteiger partial charge is 0.337 e. The fraction of sp³-hybridized carbons (Fsp3) is 0.500. The zero-order valence-electron chi connectivity index (χ0n) is 26.9. The van der Waals surface area contributed by atoms with Gasteiger partial charge in [-0.15, -0.1) is 0 Å². The molecule has 1 heterocycles. The molecule has 0 aliphatic carbocycles. The Hall–Kier alpha value is -4.25. The van der Waals surface area contributed by atoms with Crippen molar-refractivity contribution in [2.45, 2.75) is 97.6 Å². The number of carbonyl (C=O) groups excluding carboxylic acids is 4. The van der Waals surface area contributed by atoms with Gasteiger partial charge in [-0.1, -0.05) is 56.3 Å². The molecule has 4 atom stereocenters. The lowest BCUT2D eigenvalue weighted by Crippen LogP contribution is -2.56. The molecule has 4 N–H and O–H groups in total. The summed E-state index contributed by atoms with van der Waals surface area (Å²) in [6.07, 6.45) is 0.972. The number of aromatic nitrogens is 2. The number of fused-ring (bicyclic) bond motifs is 1. The van der Waals surface area contributed by atoms with Crippen molar-refractivity contribution in [3.8, 4) is 0 Å². The molecule has 3 aromatic rings. The molecule has 0 bridgehead atoms. The standard InChI is InChI=1S/C34H46N4O7/c1-20(2)14-28(31(40)34(43)45-22(5)6)37-33(42)29(17-26-18-35-19-36-26)38-32(41)25(16-30(39)44-21(3)4)15-24-12-9-11-23-10-7-8-13-27(23)24/h7-13,18-22,25,28-29,31,40H,14-17H2,1-6H3,(H,35,36)(H,37,42)(H,38,41)/t25?,28-,29-,31?/m0/s1. The summed E-state index contributed by atoms with van der Waals surface area (Å²) in [7, 11) is 0. The van der Waals surface area contributed by atoms with Crippen molar-refractivity contribution in [1.82, 2.24) is 20.6 Å². The fourth-order valence-electron chi connectivity index (χ4n) is 5.15. The molecule has 0 fully saturated rings. The van der Waals surface area contributed by atoms with Gasteiger partial charge < -0.3 is 30.2 Å². The summed E-state index contributed by atoms with van der Waals surface area (Å²) in [6.45, 7) is 10.6. The molecule has 3 rings (SSSR count). The number of nitrogens with zero attached hydrogens (tertiary/aromatic N) is 1. The summed E-state index contributed by atoms with van der Waals surface area (Å²) in [4.78, 5) is 60.0. The zero-order valence-corrected chi connectivity index (χ0v) is 26.9. The van der Waals surface area contributed by atoms with Crippen LogP contribution in [-0.4, -0.2) is 69.2 Å². The normalized spacial score (nSPS) is 14.2. The third-order valence-corrected chi connectivity index (χ3v) is 7.14. The van der Waals surface area contributed by atoms with E-state index >= 15 is 0 Å². The van der Waals surface area contributed by atoms with E-state index in [9.17, 15) is 24.3 Å². The Kier molecular flexibility index (Phi) is 13.1. The Bertz CT molecular complexity index is 1420. The van der Waals surface area contributed by atoms with Gasteiger partial charge in [0.2, 0.25) is 11.8 Å². The summed E-state index contributed by atoms with van der Waals surface area (Å²) in [5, 5.41) is 18.4. The van der Waals surface area contributed by atoms with Crippen LogP contribution in [0.25, 0.3) is 10.8 Å². The van der Waals surface area contributed by atoms with Crippen LogP contribution in [0.3, 0.4) is 0 Å². The van der Waals surface area contributed by atoms with Crippen molar-refractivity contribution in [1.29, 1.82) is 0 Å². The molecule has 0 spiro atoms. The molecular weight excluding hydrogens is 576 g/mol. The van der Waals surface area contributed by atoms with Crippen molar-refractivity contribution in [2.24, 2.45) is 11.8 Å². The van der Waals surface area contributed by atoms with E-state index in [1.807, 2.05) is 56.3 Å². The number of benzene rings is 2. The summed E-state index contributed by atoms with van der Waals surface area (Å²) < 4.78 is 10.6. The zero-order chi connectivity index (χ0) is 33.1. The highest BCUT2D eigenvalue weighted by Crippen LogP contribution is 2.23. The maximum Gasteiger partial charge on any atom is 0.337 e. The number of ether oxygens (including phenoxy) is 2. The van der Waals surface area contributed by atoms with E-state index in [2.05, 4.69) is 20.6 Å². The maximum atomic E-state index is 13.9. The van der Waals surface area contributed by atoms with Gasteiger partial charge in [-0.2, -0.15) is 0 Å². The van der Waals surface area contributed by atoms with Crippen LogP contribution in [0.4, 0.5) is 0 Å². The number of aromatic amines is 1. The molecule has 0 saturated carbocycles. The highest BCUT2D eigenvalue weighted by atomic mass is 16.6. The first-order chi connectivity index (χ1) is 21.3. The minimum Gasteiger partial charge on any atom is -0.463 e. The van der Waals surface area contributed by atoms with Crippen molar-refractivity contribution >= 4 is 34.5 Å². The van der Waals surface area contributed by atoms with Gasteiger partial charge in [0.15, 0.2) is 6.10 Å². The number of H-pyrrole nitrogens is 1. The van der Waals surface area contributed by atoms with Gasteiger partial charge in [0, 0.05) is 18.3 Å². The first-order valence-corrected chi connectivity index (χ1v) is 15.5. The van der Waals surface area contributed by atoms with E-state index in [1.165, 1.54) is 6.33 Å². The van der Waals surface area contributed by atoms with Crippen molar-refractivity contribution < 1.29 is 33.8 Å². The molecule has 0 radical (unpaired) electrons. The summed E-state index contributed by atoms with van der Waals surface area (Å²) in [5.41, 5.74) is 1.46. The quantitative estimate of drug-likeness (QED) is 0.176. The van der Waals surface area contributed by atoms with Gasteiger partial charge in [0.1, 0.15) is 6.04 Å². The monoisotopic (exact) mass is 622 g/mol. The van der Waals surface area contributed by atoms with Gasteiger partial charge in [0.25, 0.3) is 0 Å². The molecular formula is C34H46N4O7. The Labute approximate surface area is 264 Å². The van der Waals surface area contributed by atoms with Crippen LogP contribution in [-0.2, 0) is 41.5 Å². The number of hydrogen-bond acceptors (Lipinski definition) is 8. The van der Waals surface area contributed by atoms with Gasteiger partial charge in [-0.05, 0) is 62.8 Å². The maximum absolute atomic E-state index is 13.9. The predicted molar refractivity (Wildman–Crippen MR) is 170 cm³/mol. The molecule has 2 amide bonds. The van der Waals surface area contributed by atoms with E-state index in [0.717, 1.165) is 16.3 Å². The Morgan fingerprint density at radius 1 is 0.867 bits per heavy atom. The highest BCUT2D eigenvalue weighted by molar-refractivity contribution is 5.92. The van der Waals surface area contributed by atoms with Crippen molar-refractivity contribution in [2.75, 3.05) is 0 Å². The molecule has 45 heavy (non-hydrogen) atoms. The summed E-state index contributed by atoms with van der Waals surface area (Å²) in [5.74, 6) is -3.31. The first kappa shape index (κ1) is 35.2. The summed E-state index contributed by atoms with van der Waals surface area (Å²) >= 11 is 0. The molecule has 2 unspecified atom stereocenters. The second-order valence-electron chi connectivity index (χ2n) is 12.3. The molecule has 11 nitrogen and oxygen atoms in total. The van der Waals surface area contributed by atoms with Crippen LogP contribution in [0.5, 0.6) is 0 Å². The molecule has 0 aliphatic rings. The van der Waals surface area contributed by atoms with Gasteiger partial charge in [-0.25, -0.2) is 9.78 Å². The lowest BCUT2D eigenvalue weighted by molar-refractivity contribution is -0.159. The van der Waals surface area contributed by atoms with Crippen LogP contribution >= 0.6 is 0 Å². The average molecular weight is 623 g/mol. The number of aliphatic hydroxyl groups excluding tert-OH is 1. The number of aliphatic hydroxyl groups is 1. The predicted octanol–water partition coefficient (Wildman–Crippen LogP) is 3.63. The first-order valence-electron chi connectivity index (χ1n) is 15.5. The minimum atomic E-state index is -1.60. The SMILES string of the molecule is CC(C)C[C@H](NC(=O)[C@H](Cc1cnc[nH]1)NC(=O)C(CC(=O)OC(C)C)Cc1cccc2ccccc12)C(O)C(=O)OC(C)C. The van der Waals surface area contributed by atoms with Crippen LogP contribution in [0.2, 0.25) is 0 Å². The van der Waals surface area contributed by atoms with E-state index < -0.39 is 54.0 Å². The Balaban J connectivity index is 1.89. The van der Waals surface area contributed by atoms with Gasteiger partial charge in [0.05, 0.1) is 36.9 Å². The molecule has 1 aromatic heterocycles. The molecule has 0 aliphatic heterocycles.